The van der Waals surface area contributed by atoms with Crippen molar-refractivity contribution < 1.29 is 21.6 Å². The molecule has 0 fully saturated rings. The molecule has 0 aliphatic rings. The Balaban J connectivity index is 2.40. The van der Waals surface area contributed by atoms with Crippen molar-refractivity contribution >= 4 is 31.6 Å². The monoisotopic (exact) mass is 365 g/mol. The third-order valence-electron chi connectivity index (χ3n) is 2.37. The molecule has 0 aromatic heterocycles. The van der Waals surface area contributed by atoms with Crippen molar-refractivity contribution in [2.45, 2.75) is 4.90 Å². The summed E-state index contributed by atoms with van der Waals surface area (Å²) in [4.78, 5) is -0.401. The summed E-state index contributed by atoms with van der Waals surface area (Å²) < 4.78 is 65.5. The van der Waals surface area contributed by atoms with E-state index in [1.54, 1.807) is 0 Å². The van der Waals surface area contributed by atoms with Crippen LogP contribution in [0.2, 0.25) is 0 Å². The van der Waals surface area contributed by atoms with Gasteiger partial charge in [0.05, 0.1) is 15.1 Å². The number of benzene rings is 2. The Morgan fingerprint density at radius 3 is 2.30 bits per heavy atom. The number of hydrogen-bond donors (Lipinski definition) is 1. The predicted molar refractivity (Wildman–Crippen MR) is 71.3 cm³/mol. The molecule has 0 atom stereocenters. The zero-order chi connectivity index (χ0) is 14.9. The van der Waals surface area contributed by atoms with Crippen LogP contribution in [0.3, 0.4) is 0 Å². The van der Waals surface area contributed by atoms with Crippen LogP contribution in [-0.2, 0) is 10.0 Å². The Labute approximate surface area is 121 Å². The van der Waals surface area contributed by atoms with Crippen LogP contribution < -0.4 is 4.72 Å². The summed E-state index contributed by atoms with van der Waals surface area (Å²) in [6, 6.07) is 5.44. The van der Waals surface area contributed by atoms with Crippen molar-refractivity contribution in [3.8, 4) is 0 Å². The van der Waals surface area contributed by atoms with E-state index in [4.69, 9.17) is 0 Å². The second kappa shape index (κ2) is 5.45. The molecule has 0 saturated heterocycles. The van der Waals surface area contributed by atoms with Gasteiger partial charge in [-0.2, -0.15) is 0 Å². The van der Waals surface area contributed by atoms with Crippen LogP contribution in [-0.4, -0.2) is 8.42 Å². The van der Waals surface area contributed by atoms with Crippen molar-refractivity contribution in [2.75, 3.05) is 4.72 Å². The lowest BCUT2D eigenvalue weighted by atomic mass is 10.3. The molecule has 2 rings (SSSR count). The largest absolute Gasteiger partial charge is 0.277 e. The number of halogens is 4. The van der Waals surface area contributed by atoms with Gasteiger partial charge in [0.25, 0.3) is 10.0 Å². The van der Waals surface area contributed by atoms with Crippen molar-refractivity contribution in [2.24, 2.45) is 0 Å². The lowest BCUT2D eigenvalue weighted by molar-refractivity contribution is 0.590. The third-order valence-corrected chi connectivity index (χ3v) is 4.38. The molecule has 20 heavy (non-hydrogen) atoms. The minimum atomic E-state index is -4.21. The number of rotatable bonds is 3. The van der Waals surface area contributed by atoms with Crippen molar-refractivity contribution in [3.05, 3.63) is 58.3 Å². The maximum Gasteiger partial charge on any atom is 0.262 e. The van der Waals surface area contributed by atoms with E-state index < -0.39 is 38.1 Å². The minimum absolute atomic E-state index is 0.0911. The molecule has 0 amide bonds. The fourth-order valence-electron chi connectivity index (χ4n) is 1.42. The minimum Gasteiger partial charge on any atom is -0.277 e. The van der Waals surface area contributed by atoms with Gasteiger partial charge in [0.2, 0.25) is 0 Å². The zero-order valence-electron chi connectivity index (χ0n) is 9.70. The first-order valence-corrected chi connectivity index (χ1v) is 7.50. The summed E-state index contributed by atoms with van der Waals surface area (Å²) >= 11 is 2.88. The van der Waals surface area contributed by atoms with E-state index in [9.17, 15) is 21.6 Å². The van der Waals surface area contributed by atoms with Crippen LogP contribution in [0.5, 0.6) is 0 Å². The highest BCUT2D eigenvalue weighted by atomic mass is 79.9. The van der Waals surface area contributed by atoms with Crippen LogP contribution in [0.15, 0.2) is 45.8 Å². The maximum absolute atomic E-state index is 13.4. The quantitative estimate of drug-likeness (QED) is 0.901. The SMILES string of the molecule is O=S(=O)(Nc1cc(F)ccc1F)c1ccc(Br)c(F)c1. The third kappa shape index (κ3) is 3.13. The van der Waals surface area contributed by atoms with Gasteiger partial charge in [-0.1, -0.05) is 0 Å². The average molecular weight is 366 g/mol. The van der Waals surface area contributed by atoms with Gasteiger partial charge >= 0.3 is 0 Å². The topological polar surface area (TPSA) is 46.2 Å². The molecule has 1 N–H and O–H groups in total. The molecule has 0 radical (unpaired) electrons. The Morgan fingerprint density at radius 2 is 1.65 bits per heavy atom. The molecule has 8 heteroatoms. The van der Waals surface area contributed by atoms with Gasteiger partial charge < -0.3 is 0 Å². The van der Waals surface area contributed by atoms with E-state index >= 15 is 0 Å². The summed E-state index contributed by atoms with van der Waals surface area (Å²) in [7, 11) is -4.21. The highest BCUT2D eigenvalue weighted by molar-refractivity contribution is 9.10. The fraction of sp³-hybridized carbons (Fsp3) is 0. The van der Waals surface area contributed by atoms with E-state index in [0.717, 1.165) is 24.3 Å². The standard InChI is InChI=1S/C12H7BrF3NO2S/c13-9-3-2-8(6-11(9)16)20(18,19)17-12-5-7(14)1-4-10(12)15/h1-6,17H. The van der Waals surface area contributed by atoms with Gasteiger partial charge in [0.15, 0.2) is 0 Å². The lowest BCUT2D eigenvalue weighted by Crippen LogP contribution is -2.14. The van der Waals surface area contributed by atoms with Crippen LogP contribution >= 0.6 is 15.9 Å². The first kappa shape index (κ1) is 14.9. The zero-order valence-corrected chi connectivity index (χ0v) is 12.1. The number of sulfonamides is 1. The molecule has 0 unspecified atom stereocenters. The molecule has 2 aromatic carbocycles. The van der Waals surface area contributed by atoms with Gasteiger partial charge in [0, 0.05) is 6.07 Å². The maximum atomic E-state index is 13.4. The molecule has 0 bridgehead atoms. The van der Waals surface area contributed by atoms with E-state index in [1.165, 1.54) is 6.07 Å². The molecule has 0 heterocycles. The molecule has 0 aliphatic heterocycles. The van der Waals surface area contributed by atoms with Crippen LogP contribution in [0.25, 0.3) is 0 Å². The van der Waals surface area contributed by atoms with Crippen molar-refractivity contribution in [3.63, 3.8) is 0 Å². The summed E-state index contributed by atoms with van der Waals surface area (Å²) in [5.41, 5.74) is -0.548. The Morgan fingerprint density at radius 1 is 0.950 bits per heavy atom. The predicted octanol–water partition coefficient (Wildman–Crippen LogP) is 3.67. The van der Waals surface area contributed by atoms with E-state index in [1.807, 2.05) is 4.72 Å². The second-order valence-corrected chi connectivity index (χ2v) is 6.34. The summed E-state index contributed by atoms with van der Waals surface area (Å²) in [5, 5.41) is 0. The first-order valence-electron chi connectivity index (χ1n) is 5.22. The van der Waals surface area contributed by atoms with Crippen LogP contribution in [0, 0.1) is 17.5 Å². The fourth-order valence-corrected chi connectivity index (χ4v) is 2.74. The molecule has 0 saturated carbocycles. The molecule has 106 valence electrons. The van der Waals surface area contributed by atoms with Gasteiger partial charge in [-0.15, -0.1) is 0 Å². The van der Waals surface area contributed by atoms with Crippen LogP contribution in [0.4, 0.5) is 18.9 Å². The number of anilines is 1. The summed E-state index contributed by atoms with van der Waals surface area (Å²) in [6.07, 6.45) is 0. The highest BCUT2D eigenvalue weighted by Crippen LogP contribution is 2.23. The van der Waals surface area contributed by atoms with Gasteiger partial charge in [-0.05, 0) is 46.3 Å². The van der Waals surface area contributed by atoms with Crippen LogP contribution in [0.1, 0.15) is 0 Å². The van der Waals surface area contributed by atoms with Gasteiger partial charge in [-0.3, -0.25) is 4.72 Å². The van der Waals surface area contributed by atoms with E-state index in [2.05, 4.69) is 15.9 Å². The smallest absolute Gasteiger partial charge is 0.262 e. The summed E-state index contributed by atoms with van der Waals surface area (Å²) in [6.45, 7) is 0. The molecule has 0 spiro atoms. The highest BCUT2D eigenvalue weighted by Gasteiger charge is 2.18. The Kier molecular flexibility index (Phi) is 4.05. The van der Waals surface area contributed by atoms with E-state index in [0.29, 0.717) is 6.07 Å². The summed E-state index contributed by atoms with van der Waals surface area (Å²) in [5.74, 6) is -2.52. The van der Waals surface area contributed by atoms with Crippen molar-refractivity contribution in [1.82, 2.24) is 0 Å². The normalized spacial score (nSPS) is 11.4. The van der Waals surface area contributed by atoms with Gasteiger partial charge in [-0.25, -0.2) is 21.6 Å². The Hall–Kier alpha value is -1.54. The second-order valence-electron chi connectivity index (χ2n) is 3.81. The number of nitrogens with one attached hydrogen (secondary N) is 1. The first-order chi connectivity index (χ1) is 9.29. The number of hydrogen-bond acceptors (Lipinski definition) is 2. The Bertz CT molecular complexity index is 765. The molecule has 3 nitrogen and oxygen atoms in total. The lowest BCUT2D eigenvalue weighted by Gasteiger charge is -2.09. The van der Waals surface area contributed by atoms with E-state index in [-0.39, 0.29) is 4.47 Å². The molecule has 0 aliphatic carbocycles. The molecular weight excluding hydrogens is 359 g/mol. The average Bonchev–Trinajstić information content (AvgIpc) is 2.36. The molecule has 2 aromatic rings. The molecular formula is C12H7BrF3NO2S. The van der Waals surface area contributed by atoms with Crippen molar-refractivity contribution in [1.29, 1.82) is 0 Å². The van der Waals surface area contributed by atoms with Gasteiger partial charge in [0.1, 0.15) is 17.5 Å².